The average molecular weight is 469 g/mol. The van der Waals surface area contributed by atoms with Crippen LogP contribution in [0.15, 0.2) is 12.1 Å². The lowest BCUT2D eigenvalue weighted by Crippen LogP contribution is -2.53. The van der Waals surface area contributed by atoms with E-state index in [2.05, 4.69) is 6.92 Å². The molecule has 1 aromatic rings. The zero-order valence-electron chi connectivity index (χ0n) is 18.0. The Balaban J connectivity index is 1.76. The minimum atomic E-state index is -1.74. The molecule has 0 radical (unpaired) electrons. The van der Waals surface area contributed by atoms with Crippen LogP contribution in [0.25, 0.3) is 5.57 Å². The van der Waals surface area contributed by atoms with E-state index < -0.39 is 23.5 Å². The van der Waals surface area contributed by atoms with Gasteiger partial charge in [0.25, 0.3) is 0 Å². The van der Waals surface area contributed by atoms with Crippen molar-refractivity contribution in [3.63, 3.8) is 0 Å². The molecular formula is C23H26Cl2O6. The van der Waals surface area contributed by atoms with Crippen LogP contribution in [0, 0.1) is 5.41 Å². The number of ketones is 1. The molecule has 0 saturated carbocycles. The standard InChI is InChI=1S/C23H26Cl2O6/c1-5-23-7-6-13(26)9-14(23)17-12(10-23)8-15(18(24)19(17)25)30-22(4,20(27)28)16-11-29-21(2,3)31-16/h8-9,16H,5-7,10-11H2,1-4H3,(H,27,28). The van der Waals surface area contributed by atoms with Gasteiger partial charge in [0.2, 0.25) is 5.60 Å². The van der Waals surface area contributed by atoms with Gasteiger partial charge in [0.15, 0.2) is 11.6 Å². The highest BCUT2D eigenvalue weighted by atomic mass is 35.5. The predicted octanol–water partition coefficient (Wildman–Crippen LogP) is 5.07. The van der Waals surface area contributed by atoms with Crippen LogP contribution in [0.3, 0.4) is 0 Å². The maximum Gasteiger partial charge on any atom is 0.350 e. The van der Waals surface area contributed by atoms with Crippen LogP contribution in [-0.2, 0) is 25.5 Å². The van der Waals surface area contributed by atoms with Crippen LogP contribution >= 0.6 is 23.2 Å². The first-order valence-electron chi connectivity index (χ1n) is 10.4. The molecule has 168 valence electrons. The Bertz CT molecular complexity index is 1000. The van der Waals surface area contributed by atoms with Crippen molar-refractivity contribution >= 4 is 40.5 Å². The predicted molar refractivity (Wildman–Crippen MR) is 117 cm³/mol. The second kappa shape index (κ2) is 7.48. The van der Waals surface area contributed by atoms with E-state index in [1.54, 1.807) is 26.0 Å². The van der Waals surface area contributed by atoms with Crippen LogP contribution in [0.2, 0.25) is 10.0 Å². The van der Waals surface area contributed by atoms with Crippen LogP contribution in [-0.4, -0.2) is 41.0 Å². The number of halogens is 2. The molecule has 3 aliphatic rings. The molecule has 1 aliphatic heterocycles. The number of ether oxygens (including phenoxy) is 3. The molecule has 1 N–H and O–H groups in total. The largest absolute Gasteiger partial charge is 0.478 e. The van der Waals surface area contributed by atoms with E-state index in [-0.39, 0.29) is 33.6 Å². The summed E-state index contributed by atoms with van der Waals surface area (Å²) in [4.78, 5) is 24.3. The van der Waals surface area contributed by atoms with Gasteiger partial charge >= 0.3 is 5.97 Å². The van der Waals surface area contributed by atoms with Crippen LogP contribution in [0.1, 0.15) is 58.1 Å². The Hall–Kier alpha value is -1.60. The van der Waals surface area contributed by atoms with Gasteiger partial charge in [0.1, 0.15) is 16.9 Å². The summed E-state index contributed by atoms with van der Waals surface area (Å²) in [6, 6.07) is 1.76. The lowest BCUT2D eigenvalue weighted by atomic mass is 9.71. The third-order valence-electron chi connectivity index (χ3n) is 6.83. The van der Waals surface area contributed by atoms with Gasteiger partial charge in [-0.25, -0.2) is 4.79 Å². The fraction of sp³-hybridized carbons (Fsp3) is 0.565. The van der Waals surface area contributed by atoms with Crippen molar-refractivity contribution in [1.29, 1.82) is 0 Å². The molecule has 8 heteroatoms. The van der Waals surface area contributed by atoms with E-state index in [4.69, 9.17) is 37.4 Å². The third kappa shape index (κ3) is 3.58. The molecule has 1 aromatic carbocycles. The smallest absolute Gasteiger partial charge is 0.350 e. The second-order valence-electron chi connectivity index (χ2n) is 9.20. The zero-order valence-corrected chi connectivity index (χ0v) is 19.5. The normalized spacial score (nSPS) is 28.5. The molecule has 0 amide bonds. The fourth-order valence-corrected chi connectivity index (χ4v) is 5.36. The van der Waals surface area contributed by atoms with Gasteiger partial charge in [-0.3, -0.25) is 4.79 Å². The number of allylic oxidation sites excluding steroid dienone is 2. The Morgan fingerprint density at radius 1 is 1.35 bits per heavy atom. The third-order valence-corrected chi connectivity index (χ3v) is 7.68. The van der Waals surface area contributed by atoms with Crippen molar-refractivity contribution in [3.05, 3.63) is 33.3 Å². The number of aliphatic carboxylic acids is 1. The highest BCUT2D eigenvalue weighted by Gasteiger charge is 2.52. The molecule has 1 fully saturated rings. The summed E-state index contributed by atoms with van der Waals surface area (Å²) in [5, 5.41) is 10.4. The number of carboxylic acids is 1. The SMILES string of the molecule is CCC12CCC(=O)C=C1c1c(cc(OC(C)(C(=O)O)C3COC(C)(C)O3)c(Cl)c1Cl)C2. The highest BCUT2D eigenvalue weighted by molar-refractivity contribution is 6.44. The molecule has 3 atom stereocenters. The van der Waals surface area contributed by atoms with Crippen LogP contribution < -0.4 is 4.74 Å². The summed E-state index contributed by atoms with van der Waals surface area (Å²) in [7, 11) is 0. The molecule has 1 saturated heterocycles. The number of rotatable bonds is 5. The summed E-state index contributed by atoms with van der Waals surface area (Å²) < 4.78 is 17.3. The van der Waals surface area contributed by atoms with Crippen molar-refractivity contribution < 1.29 is 28.9 Å². The number of carbonyl (C=O) groups is 2. The monoisotopic (exact) mass is 468 g/mol. The minimum absolute atomic E-state index is 0.0695. The first-order valence-corrected chi connectivity index (χ1v) is 11.2. The van der Waals surface area contributed by atoms with Gasteiger partial charge in [-0.2, -0.15) is 0 Å². The fourth-order valence-electron chi connectivity index (χ4n) is 4.85. The van der Waals surface area contributed by atoms with Gasteiger partial charge in [-0.15, -0.1) is 0 Å². The van der Waals surface area contributed by atoms with Gasteiger partial charge in [-0.05, 0) is 63.3 Å². The van der Waals surface area contributed by atoms with Crippen molar-refractivity contribution in [2.24, 2.45) is 5.41 Å². The van der Waals surface area contributed by atoms with E-state index in [9.17, 15) is 14.7 Å². The lowest BCUT2D eigenvalue weighted by Gasteiger charge is -2.32. The summed E-state index contributed by atoms with van der Waals surface area (Å²) >= 11 is 13.2. The van der Waals surface area contributed by atoms with E-state index in [0.29, 0.717) is 12.8 Å². The number of fused-ring (bicyclic) bond motifs is 3. The first-order chi connectivity index (χ1) is 14.4. The van der Waals surface area contributed by atoms with E-state index >= 15 is 0 Å². The van der Waals surface area contributed by atoms with Gasteiger partial charge < -0.3 is 19.3 Å². The van der Waals surface area contributed by atoms with Crippen molar-refractivity contribution in [2.45, 2.75) is 70.9 Å². The number of benzene rings is 1. The van der Waals surface area contributed by atoms with E-state index in [1.807, 2.05) is 0 Å². The van der Waals surface area contributed by atoms with Crippen LogP contribution in [0.4, 0.5) is 0 Å². The Morgan fingerprint density at radius 2 is 2.06 bits per heavy atom. The molecule has 0 spiro atoms. The summed E-state index contributed by atoms with van der Waals surface area (Å²) in [5.74, 6) is -1.84. The van der Waals surface area contributed by atoms with E-state index in [0.717, 1.165) is 29.5 Å². The average Bonchev–Trinajstić information content (AvgIpc) is 3.23. The number of hydrogen-bond acceptors (Lipinski definition) is 5. The maximum absolute atomic E-state index is 12.2. The molecule has 3 unspecified atom stereocenters. The molecule has 1 heterocycles. The number of carbonyl (C=O) groups excluding carboxylic acids is 1. The molecule has 2 aliphatic carbocycles. The quantitative estimate of drug-likeness (QED) is 0.649. The molecule has 31 heavy (non-hydrogen) atoms. The summed E-state index contributed by atoms with van der Waals surface area (Å²) in [6.07, 6.45) is 3.67. The Morgan fingerprint density at radius 3 is 2.65 bits per heavy atom. The number of carboxylic acid groups (broad SMARTS) is 1. The van der Waals surface area contributed by atoms with Gasteiger partial charge in [0.05, 0.1) is 11.6 Å². The zero-order chi connectivity index (χ0) is 22.8. The summed E-state index contributed by atoms with van der Waals surface area (Å²) in [6.45, 7) is 7.05. The van der Waals surface area contributed by atoms with Gasteiger partial charge in [-0.1, -0.05) is 30.1 Å². The molecule has 4 rings (SSSR count). The first kappa shape index (κ1) is 22.6. The second-order valence-corrected chi connectivity index (χ2v) is 9.96. The maximum atomic E-state index is 12.2. The molecule has 0 aromatic heterocycles. The van der Waals surface area contributed by atoms with Crippen molar-refractivity contribution in [1.82, 2.24) is 0 Å². The molecular weight excluding hydrogens is 443 g/mol. The topological polar surface area (TPSA) is 82.1 Å². The van der Waals surface area contributed by atoms with Crippen molar-refractivity contribution in [3.8, 4) is 5.75 Å². The van der Waals surface area contributed by atoms with Gasteiger partial charge in [0, 0.05) is 17.4 Å². The van der Waals surface area contributed by atoms with Crippen molar-refractivity contribution in [2.75, 3.05) is 6.61 Å². The van der Waals surface area contributed by atoms with E-state index in [1.165, 1.54) is 6.92 Å². The Labute approximate surface area is 191 Å². The highest BCUT2D eigenvalue weighted by Crippen LogP contribution is 2.58. The minimum Gasteiger partial charge on any atom is -0.478 e. The Kier molecular flexibility index (Phi) is 5.45. The number of hydrogen-bond donors (Lipinski definition) is 1. The molecule has 0 bridgehead atoms. The molecule has 6 nitrogen and oxygen atoms in total. The van der Waals surface area contributed by atoms with Crippen LogP contribution in [0.5, 0.6) is 5.75 Å². The summed E-state index contributed by atoms with van der Waals surface area (Å²) in [5.41, 5.74) is 0.703. The lowest BCUT2D eigenvalue weighted by molar-refractivity contribution is -0.181.